The Bertz CT molecular complexity index is 767. The minimum absolute atomic E-state index is 0.573. The number of rotatable bonds is 3. The van der Waals surface area contributed by atoms with Crippen molar-refractivity contribution in [3.63, 3.8) is 0 Å². The van der Waals surface area contributed by atoms with E-state index >= 15 is 0 Å². The van der Waals surface area contributed by atoms with Gasteiger partial charge in [0.2, 0.25) is 0 Å². The zero-order valence-corrected chi connectivity index (χ0v) is 11.4. The third kappa shape index (κ3) is 2.43. The first-order chi connectivity index (χ1) is 10.4. The van der Waals surface area contributed by atoms with E-state index < -0.39 is 0 Å². The third-order valence-electron chi connectivity index (χ3n) is 3.64. The SMILES string of the molecule is c1cncc(Cc2noc(-c3ccc4c(c3)CNC4)n2)c1. The van der Waals surface area contributed by atoms with Gasteiger partial charge in [-0.25, -0.2) is 0 Å². The summed E-state index contributed by atoms with van der Waals surface area (Å²) < 4.78 is 5.38. The Morgan fingerprint density at radius 1 is 1.14 bits per heavy atom. The fourth-order valence-corrected chi connectivity index (χ4v) is 2.56. The van der Waals surface area contributed by atoms with Gasteiger partial charge in [-0.2, -0.15) is 4.98 Å². The van der Waals surface area contributed by atoms with E-state index in [9.17, 15) is 0 Å². The number of nitrogens with zero attached hydrogens (tertiary/aromatic N) is 3. The summed E-state index contributed by atoms with van der Waals surface area (Å²) in [4.78, 5) is 8.57. The van der Waals surface area contributed by atoms with Crippen molar-refractivity contribution in [1.29, 1.82) is 0 Å². The van der Waals surface area contributed by atoms with Crippen LogP contribution in [0.3, 0.4) is 0 Å². The van der Waals surface area contributed by atoms with Crippen LogP contribution in [0.5, 0.6) is 0 Å². The molecule has 21 heavy (non-hydrogen) atoms. The lowest BCUT2D eigenvalue weighted by atomic mass is 10.1. The van der Waals surface area contributed by atoms with Gasteiger partial charge in [-0.3, -0.25) is 4.98 Å². The van der Waals surface area contributed by atoms with Crippen molar-refractivity contribution in [2.24, 2.45) is 0 Å². The number of nitrogens with one attached hydrogen (secondary N) is 1. The van der Waals surface area contributed by atoms with E-state index in [4.69, 9.17) is 4.52 Å². The summed E-state index contributed by atoms with van der Waals surface area (Å²) in [5.74, 6) is 1.25. The number of aromatic nitrogens is 3. The molecule has 0 atom stereocenters. The average molecular weight is 278 g/mol. The number of fused-ring (bicyclic) bond motifs is 1. The summed E-state index contributed by atoms with van der Waals surface area (Å²) in [7, 11) is 0. The lowest BCUT2D eigenvalue weighted by Gasteiger charge is -1.99. The van der Waals surface area contributed by atoms with Gasteiger partial charge in [0.05, 0.1) is 0 Å². The Balaban J connectivity index is 1.59. The van der Waals surface area contributed by atoms with Crippen LogP contribution in [0.15, 0.2) is 47.2 Å². The first kappa shape index (κ1) is 12.2. The maximum absolute atomic E-state index is 5.38. The molecular weight excluding hydrogens is 264 g/mol. The highest BCUT2D eigenvalue weighted by molar-refractivity contribution is 5.56. The monoisotopic (exact) mass is 278 g/mol. The molecule has 0 unspecified atom stereocenters. The average Bonchev–Trinajstić information content (AvgIpc) is 3.16. The molecule has 4 rings (SSSR count). The van der Waals surface area contributed by atoms with Gasteiger partial charge in [-0.15, -0.1) is 0 Å². The molecule has 0 fully saturated rings. The summed E-state index contributed by atoms with van der Waals surface area (Å²) in [5.41, 5.74) is 4.69. The Kier molecular flexibility index (Phi) is 2.97. The minimum Gasteiger partial charge on any atom is -0.334 e. The van der Waals surface area contributed by atoms with Crippen molar-refractivity contribution in [2.75, 3.05) is 0 Å². The first-order valence-electron chi connectivity index (χ1n) is 6.93. The molecule has 2 aromatic heterocycles. The van der Waals surface area contributed by atoms with Crippen LogP contribution in [0.4, 0.5) is 0 Å². The summed E-state index contributed by atoms with van der Waals surface area (Å²) in [6.07, 6.45) is 4.20. The molecule has 5 nitrogen and oxygen atoms in total. The molecule has 1 aliphatic heterocycles. The zero-order chi connectivity index (χ0) is 14.1. The van der Waals surface area contributed by atoms with Crippen molar-refractivity contribution in [1.82, 2.24) is 20.4 Å². The van der Waals surface area contributed by atoms with Gasteiger partial charge in [-0.05, 0) is 34.9 Å². The topological polar surface area (TPSA) is 63.8 Å². The maximum Gasteiger partial charge on any atom is 0.257 e. The summed E-state index contributed by atoms with van der Waals surface area (Å²) in [6, 6.07) is 10.2. The molecule has 0 saturated carbocycles. The smallest absolute Gasteiger partial charge is 0.257 e. The molecule has 0 spiro atoms. The first-order valence-corrected chi connectivity index (χ1v) is 6.93. The van der Waals surface area contributed by atoms with E-state index in [1.165, 1.54) is 11.1 Å². The zero-order valence-electron chi connectivity index (χ0n) is 11.4. The highest BCUT2D eigenvalue weighted by Crippen LogP contribution is 2.24. The molecule has 1 aliphatic rings. The highest BCUT2D eigenvalue weighted by atomic mass is 16.5. The molecule has 0 aliphatic carbocycles. The Morgan fingerprint density at radius 2 is 2.10 bits per heavy atom. The Hall–Kier alpha value is -2.53. The van der Waals surface area contributed by atoms with E-state index in [1.54, 1.807) is 6.20 Å². The summed E-state index contributed by atoms with van der Waals surface area (Å²) >= 11 is 0. The lowest BCUT2D eigenvalue weighted by molar-refractivity contribution is 0.424. The number of benzene rings is 1. The molecular formula is C16H14N4O. The molecule has 1 N–H and O–H groups in total. The van der Waals surface area contributed by atoms with Gasteiger partial charge in [-0.1, -0.05) is 17.3 Å². The van der Waals surface area contributed by atoms with Crippen LogP contribution in [0, 0.1) is 0 Å². The van der Waals surface area contributed by atoms with Gasteiger partial charge in [0.15, 0.2) is 5.82 Å². The molecule has 3 aromatic rings. The third-order valence-corrected chi connectivity index (χ3v) is 3.64. The Labute approximate surface area is 122 Å². The summed E-state index contributed by atoms with van der Waals surface area (Å²) in [5, 5.41) is 7.38. The highest BCUT2D eigenvalue weighted by Gasteiger charge is 2.14. The molecule has 104 valence electrons. The van der Waals surface area contributed by atoms with Crippen molar-refractivity contribution < 1.29 is 4.52 Å². The molecule has 1 aromatic carbocycles. The second kappa shape index (κ2) is 5.10. The fourth-order valence-electron chi connectivity index (χ4n) is 2.56. The predicted molar refractivity (Wildman–Crippen MR) is 77.3 cm³/mol. The standard InChI is InChI=1S/C16H14N4O/c1-2-11(8-17-5-1)6-15-19-16(21-20-15)12-3-4-13-9-18-10-14(13)7-12/h1-5,7-8,18H,6,9-10H2. The second-order valence-electron chi connectivity index (χ2n) is 5.14. The van der Waals surface area contributed by atoms with Gasteiger partial charge in [0.1, 0.15) is 0 Å². The number of hydrogen-bond acceptors (Lipinski definition) is 5. The van der Waals surface area contributed by atoms with E-state index in [1.807, 2.05) is 24.4 Å². The lowest BCUT2D eigenvalue weighted by Crippen LogP contribution is -1.99. The van der Waals surface area contributed by atoms with Crippen LogP contribution in [0.1, 0.15) is 22.5 Å². The van der Waals surface area contributed by atoms with E-state index in [0.29, 0.717) is 18.1 Å². The van der Waals surface area contributed by atoms with Gasteiger partial charge in [0.25, 0.3) is 5.89 Å². The quantitative estimate of drug-likeness (QED) is 0.796. The number of hydrogen-bond donors (Lipinski definition) is 1. The van der Waals surface area contributed by atoms with Crippen LogP contribution in [-0.4, -0.2) is 15.1 Å². The number of pyridine rings is 1. The van der Waals surface area contributed by atoms with Gasteiger partial charge in [0, 0.05) is 37.5 Å². The predicted octanol–water partition coefficient (Wildman–Crippen LogP) is 2.33. The van der Waals surface area contributed by atoms with Crippen molar-refractivity contribution in [2.45, 2.75) is 19.5 Å². The molecule has 0 amide bonds. The molecule has 0 radical (unpaired) electrons. The normalized spacial score (nSPS) is 13.3. The summed E-state index contributed by atoms with van der Waals surface area (Å²) in [6.45, 7) is 1.84. The van der Waals surface area contributed by atoms with Crippen LogP contribution < -0.4 is 5.32 Å². The molecule has 0 saturated heterocycles. The largest absolute Gasteiger partial charge is 0.334 e. The van der Waals surface area contributed by atoms with E-state index in [2.05, 4.69) is 32.6 Å². The van der Waals surface area contributed by atoms with E-state index in [0.717, 1.165) is 24.2 Å². The van der Waals surface area contributed by atoms with Crippen LogP contribution in [0.2, 0.25) is 0 Å². The van der Waals surface area contributed by atoms with Crippen molar-refractivity contribution in [3.05, 3.63) is 65.2 Å². The molecule has 5 heteroatoms. The second-order valence-corrected chi connectivity index (χ2v) is 5.14. The Morgan fingerprint density at radius 3 is 3.00 bits per heavy atom. The van der Waals surface area contributed by atoms with Crippen molar-refractivity contribution in [3.8, 4) is 11.5 Å². The maximum atomic E-state index is 5.38. The molecule has 0 bridgehead atoms. The van der Waals surface area contributed by atoms with Crippen LogP contribution >= 0.6 is 0 Å². The van der Waals surface area contributed by atoms with Crippen molar-refractivity contribution >= 4 is 0 Å². The van der Waals surface area contributed by atoms with Crippen LogP contribution in [0.25, 0.3) is 11.5 Å². The van der Waals surface area contributed by atoms with E-state index in [-0.39, 0.29) is 0 Å². The van der Waals surface area contributed by atoms with Gasteiger partial charge < -0.3 is 9.84 Å². The molecule has 3 heterocycles. The van der Waals surface area contributed by atoms with Crippen LogP contribution in [-0.2, 0) is 19.5 Å². The fraction of sp³-hybridized carbons (Fsp3) is 0.188. The van der Waals surface area contributed by atoms with Gasteiger partial charge >= 0.3 is 0 Å². The minimum atomic E-state index is 0.573.